The van der Waals surface area contributed by atoms with Crippen molar-refractivity contribution in [2.75, 3.05) is 16.8 Å². The SMILES string of the molecule is CCN(c1ncc(-c2c(NC(=O)OC(C)(C)C)noc2C)cc1CN1C(=O)O[C@@H](c2cc(C(F)(F)F)cc(C(F)(F)F)c2)[C@@H]1C)C1CCCCC1. The van der Waals surface area contributed by atoms with Crippen LogP contribution in [0.15, 0.2) is 35.0 Å². The number of ether oxygens (including phenoxy) is 2. The van der Waals surface area contributed by atoms with Crippen molar-refractivity contribution >= 4 is 23.8 Å². The first-order valence-electron chi connectivity index (χ1n) is 16.8. The highest BCUT2D eigenvalue weighted by Gasteiger charge is 2.44. The molecule has 10 nitrogen and oxygen atoms in total. The molecular formula is C35H41F6N5O5. The third-order valence-electron chi connectivity index (χ3n) is 9.01. The number of halogens is 6. The normalized spacial score (nSPS) is 18.9. The van der Waals surface area contributed by atoms with Gasteiger partial charge >= 0.3 is 24.5 Å². The van der Waals surface area contributed by atoms with Gasteiger partial charge in [-0.25, -0.2) is 14.6 Å². The number of cyclic esters (lactones) is 1. The Morgan fingerprint density at radius 1 is 1.02 bits per heavy atom. The minimum absolute atomic E-state index is 0.0371. The standard InChI is InChI=1S/C35H41F6N5O5/c1-7-45(26-11-9-8-10-12-26)30-23(13-22(17-42-30)27-20(3)51-44-29(27)43-31(47)50-33(4,5)6)18-46-19(2)28(49-32(46)48)21-14-24(34(36,37)38)16-25(15-21)35(39,40)41/h13-17,19,26,28H,7-12,18H2,1-6H3,(H,43,44,47)/t19-,28+/m0/s1. The molecule has 1 saturated carbocycles. The first-order valence-corrected chi connectivity index (χ1v) is 16.8. The smallest absolute Gasteiger partial charge is 0.416 e. The van der Waals surface area contributed by atoms with E-state index >= 15 is 0 Å². The summed E-state index contributed by atoms with van der Waals surface area (Å²) >= 11 is 0. The molecule has 0 unspecified atom stereocenters. The summed E-state index contributed by atoms with van der Waals surface area (Å²) in [5, 5.41) is 6.59. The summed E-state index contributed by atoms with van der Waals surface area (Å²) in [6.45, 7) is 10.7. The van der Waals surface area contributed by atoms with Gasteiger partial charge in [0.2, 0.25) is 0 Å². The molecule has 3 heterocycles. The van der Waals surface area contributed by atoms with Crippen LogP contribution in [0.5, 0.6) is 0 Å². The van der Waals surface area contributed by atoms with Crippen LogP contribution in [0, 0.1) is 6.92 Å². The number of nitrogens with zero attached hydrogens (tertiary/aromatic N) is 4. The number of hydrogen-bond acceptors (Lipinski definition) is 8. The molecule has 0 bridgehead atoms. The summed E-state index contributed by atoms with van der Waals surface area (Å²) in [4.78, 5) is 34.2. The van der Waals surface area contributed by atoms with E-state index in [0.29, 0.717) is 46.9 Å². The highest BCUT2D eigenvalue weighted by molar-refractivity contribution is 5.90. The lowest BCUT2D eigenvalue weighted by Gasteiger charge is -2.36. The number of nitrogens with one attached hydrogen (secondary N) is 1. The Balaban J connectivity index is 1.54. The maximum absolute atomic E-state index is 13.7. The number of aromatic nitrogens is 2. The fourth-order valence-electron chi connectivity index (χ4n) is 6.67. The van der Waals surface area contributed by atoms with Gasteiger partial charge in [0.25, 0.3) is 0 Å². The van der Waals surface area contributed by atoms with Crippen molar-refractivity contribution < 1.29 is 49.9 Å². The van der Waals surface area contributed by atoms with E-state index in [1.807, 2.05) is 6.92 Å². The molecule has 2 atom stereocenters. The maximum atomic E-state index is 13.7. The molecule has 0 radical (unpaired) electrons. The van der Waals surface area contributed by atoms with E-state index in [0.717, 1.165) is 32.1 Å². The minimum atomic E-state index is -5.07. The lowest BCUT2D eigenvalue weighted by atomic mass is 9.93. The first kappa shape index (κ1) is 37.7. The van der Waals surface area contributed by atoms with E-state index in [-0.39, 0.29) is 24.5 Å². The van der Waals surface area contributed by atoms with E-state index in [2.05, 4.69) is 15.4 Å². The molecule has 0 spiro atoms. The quantitative estimate of drug-likeness (QED) is 0.229. The predicted molar refractivity (Wildman–Crippen MR) is 175 cm³/mol. The Morgan fingerprint density at radius 2 is 1.65 bits per heavy atom. The molecule has 278 valence electrons. The molecule has 1 saturated heterocycles. The average molecular weight is 726 g/mol. The zero-order valence-electron chi connectivity index (χ0n) is 29.2. The van der Waals surface area contributed by atoms with Gasteiger partial charge in [-0.05, 0) is 84.2 Å². The van der Waals surface area contributed by atoms with Gasteiger partial charge in [0, 0.05) is 29.9 Å². The first-order chi connectivity index (χ1) is 23.8. The number of carbonyl (C=O) groups excluding carboxylic acids is 2. The molecule has 1 aromatic carbocycles. The van der Waals surface area contributed by atoms with Gasteiger partial charge in [0.15, 0.2) is 5.82 Å². The Kier molecular flexibility index (Phi) is 10.6. The third-order valence-corrected chi connectivity index (χ3v) is 9.01. The van der Waals surface area contributed by atoms with Crippen molar-refractivity contribution in [3.8, 4) is 11.1 Å². The van der Waals surface area contributed by atoms with E-state index in [4.69, 9.17) is 19.0 Å². The predicted octanol–water partition coefficient (Wildman–Crippen LogP) is 9.67. The lowest BCUT2D eigenvalue weighted by Crippen LogP contribution is -2.39. The van der Waals surface area contributed by atoms with Gasteiger partial charge in [-0.3, -0.25) is 10.2 Å². The molecule has 2 aromatic heterocycles. The second kappa shape index (κ2) is 14.3. The van der Waals surface area contributed by atoms with Crippen LogP contribution in [-0.4, -0.2) is 51.5 Å². The molecule has 1 N–H and O–H groups in total. The van der Waals surface area contributed by atoms with Crippen LogP contribution >= 0.6 is 0 Å². The largest absolute Gasteiger partial charge is 0.444 e. The van der Waals surface area contributed by atoms with Crippen LogP contribution in [-0.2, 0) is 28.4 Å². The van der Waals surface area contributed by atoms with Crippen molar-refractivity contribution in [3.05, 3.63) is 58.5 Å². The maximum Gasteiger partial charge on any atom is 0.416 e. The van der Waals surface area contributed by atoms with E-state index in [9.17, 15) is 35.9 Å². The molecule has 2 fully saturated rings. The number of rotatable bonds is 8. The lowest BCUT2D eigenvalue weighted by molar-refractivity contribution is -0.143. The van der Waals surface area contributed by atoms with Gasteiger partial charge in [-0.2, -0.15) is 26.3 Å². The Labute approximate surface area is 291 Å². The molecule has 1 aliphatic carbocycles. The zero-order valence-corrected chi connectivity index (χ0v) is 29.2. The van der Waals surface area contributed by atoms with Gasteiger partial charge in [-0.1, -0.05) is 24.4 Å². The molecule has 3 aromatic rings. The van der Waals surface area contributed by atoms with Gasteiger partial charge in [-0.15, -0.1) is 0 Å². The number of benzene rings is 1. The summed E-state index contributed by atoms with van der Waals surface area (Å²) in [6, 6.07) is 2.14. The van der Waals surface area contributed by atoms with Crippen LogP contribution < -0.4 is 10.2 Å². The summed E-state index contributed by atoms with van der Waals surface area (Å²) < 4.78 is 98.4. The van der Waals surface area contributed by atoms with Crippen LogP contribution in [0.25, 0.3) is 11.1 Å². The van der Waals surface area contributed by atoms with Crippen LogP contribution in [0.3, 0.4) is 0 Å². The Bertz CT molecular complexity index is 1710. The fourth-order valence-corrected chi connectivity index (χ4v) is 6.67. The number of aryl methyl sites for hydroxylation is 1. The monoisotopic (exact) mass is 725 g/mol. The van der Waals surface area contributed by atoms with E-state index in [1.54, 1.807) is 40.0 Å². The molecule has 16 heteroatoms. The topological polar surface area (TPSA) is 110 Å². The highest BCUT2D eigenvalue weighted by atomic mass is 19.4. The summed E-state index contributed by atoms with van der Waals surface area (Å²) in [5.74, 6) is 0.979. The Morgan fingerprint density at radius 3 is 2.22 bits per heavy atom. The van der Waals surface area contributed by atoms with E-state index < -0.39 is 59.0 Å². The van der Waals surface area contributed by atoms with Crippen molar-refractivity contribution in [1.82, 2.24) is 15.0 Å². The second-order valence-corrected chi connectivity index (χ2v) is 13.9. The van der Waals surface area contributed by atoms with Gasteiger partial charge in [0.05, 0.1) is 29.3 Å². The van der Waals surface area contributed by atoms with E-state index in [1.165, 1.54) is 11.8 Å². The van der Waals surface area contributed by atoms with Gasteiger partial charge < -0.3 is 18.9 Å². The fraction of sp³-hybridized carbons (Fsp3) is 0.543. The summed E-state index contributed by atoms with van der Waals surface area (Å²) in [7, 11) is 0. The van der Waals surface area contributed by atoms with Crippen LogP contribution in [0.2, 0.25) is 0 Å². The van der Waals surface area contributed by atoms with Crippen molar-refractivity contribution in [2.24, 2.45) is 0 Å². The molecule has 51 heavy (non-hydrogen) atoms. The molecule has 2 amide bonds. The number of pyridine rings is 1. The van der Waals surface area contributed by atoms with Crippen molar-refractivity contribution in [1.29, 1.82) is 0 Å². The number of anilines is 2. The molecule has 2 aliphatic rings. The van der Waals surface area contributed by atoms with Gasteiger partial charge in [0.1, 0.15) is 23.3 Å². The summed E-state index contributed by atoms with van der Waals surface area (Å²) in [5.41, 5.74) is -2.80. The number of carbonyl (C=O) groups is 2. The second-order valence-electron chi connectivity index (χ2n) is 13.9. The number of alkyl halides is 6. The Hall–Kier alpha value is -4.50. The van der Waals surface area contributed by atoms with Crippen LogP contribution in [0.1, 0.15) is 101 Å². The van der Waals surface area contributed by atoms with Crippen LogP contribution in [0.4, 0.5) is 47.6 Å². The zero-order chi connectivity index (χ0) is 37.5. The highest BCUT2D eigenvalue weighted by Crippen LogP contribution is 2.42. The number of hydrogen-bond donors (Lipinski definition) is 1. The molecular weight excluding hydrogens is 684 g/mol. The minimum Gasteiger partial charge on any atom is -0.444 e. The summed E-state index contributed by atoms with van der Waals surface area (Å²) in [6.07, 6.45) is -6.62. The average Bonchev–Trinajstić information content (AvgIpc) is 3.53. The molecule has 1 aliphatic heterocycles. The molecule has 5 rings (SSSR count). The van der Waals surface area contributed by atoms with Crippen molar-refractivity contribution in [3.63, 3.8) is 0 Å². The third kappa shape index (κ3) is 8.52. The number of amides is 2. The van der Waals surface area contributed by atoms with Crippen molar-refractivity contribution in [2.45, 2.75) is 116 Å².